The van der Waals surface area contributed by atoms with Crippen molar-refractivity contribution in [3.8, 4) is 0 Å². The van der Waals surface area contributed by atoms with Gasteiger partial charge < -0.3 is 10.6 Å². The van der Waals surface area contributed by atoms with Crippen molar-refractivity contribution in [3.63, 3.8) is 0 Å². The van der Waals surface area contributed by atoms with Gasteiger partial charge in [-0.15, -0.1) is 0 Å². The first kappa shape index (κ1) is 17.0. The van der Waals surface area contributed by atoms with Gasteiger partial charge in [-0.1, -0.05) is 36.8 Å². The Hall–Kier alpha value is -1.88. The van der Waals surface area contributed by atoms with E-state index in [1.807, 2.05) is 0 Å². The van der Waals surface area contributed by atoms with Crippen molar-refractivity contribution in [2.75, 3.05) is 0 Å². The molecule has 3 amide bonds. The zero-order valence-electron chi connectivity index (χ0n) is 14.5. The van der Waals surface area contributed by atoms with Crippen LogP contribution in [-0.4, -0.2) is 29.6 Å². The fourth-order valence-corrected chi connectivity index (χ4v) is 3.82. The smallest absolute Gasteiger partial charge is 0.322 e. The number of hydrogen-bond acceptors (Lipinski definition) is 3. The zero-order chi connectivity index (χ0) is 17.2. The second-order valence-electron chi connectivity index (χ2n) is 7.23. The summed E-state index contributed by atoms with van der Waals surface area (Å²) in [6.45, 7) is 4.32. The molecule has 130 valence electrons. The maximum absolute atomic E-state index is 12.0. The number of imide groups is 1. The lowest BCUT2D eigenvalue weighted by Crippen LogP contribution is -2.53. The van der Waals surface area contributed by atoms with Crippen LogP contribution in [0.1, 0.15) is 50.2 Å². The number of carbonyl (C=O) groups excluding carboxylic acids is 2. The predicted octanol–water partition coefficient (Wildman–Crippen LogP) is 2.43. The van der Waals surface area contributed by atoms with Gasteiger partial charge in [0.2, 0.25) is 0 Å². The Labute approximate surface area is 143 Å². The highest BCUT2D eigenvalue weighted by Gasteiger charge is 2.48. The molecule has 0 aromatic heterocycles. The normalized spacial score (nSPS) is 27.8. The van der Waals surface area contributed by atoms with Crippen LogP contribution in [0.15, 0.2) is 24.3 Å². The van der Waals surface area contributed by atoms with Gasteiger partial charge in [-0.2, -0.15) is 0 Å². The third-order valence-corrected chi connectivity index (χ3v) is 5.42. The second-order valence-corrected chi connectivity index (χ2v) is 7.23. The van der Waals surface area contributed by atoms with Gasteiger partial charge in [0, 0.05) is 12.1 Å². The lowest BCUT2D eigenvalue weighted by atomic mass is 9.79. The molecule has 1 aromatic carbocycles. The molecule has 1 aromatic rings. The van der Waals surface area contributed by atoms with Crippen molar-refractivity contribution in [1.29, 1.82) is 0 Å². The highest BCUT2D eigenvalue weighted by Crippen LogP contribution is 2.31. The van der Waals surface area contributed by atoms with Gasteiger partial charge in [0.15, 0.2) is 0 Å². The molecule has 0 unspecified atom stereocenters. The largest absolute Gasteiger partial charge is 0.323 e. The molecule has 1 spiro atoms. The summed E-state index contributed by atoms with van der Waals surface area (Å²) in [5.41, 5.74) is 1.98. The highest BCUT2D eigenvalue weighted by molar-refractivity contribution is 6.07. The number of rotatable bonds is 5. The molecule has 1 aliphatic carbocycles. The molecule has 5 heteroatoms. The Kier molecular flexibility index (Phi) is 4.90. The average molecular weight is 329 g/mol. The van der Waals surface area contributed by atoms with Crippen LogP contribution < -0.4 is 16.0 Å². The first-order chi connectivity index (χ1) is 11.5. The third kappa shape index (κ3) is 3.61. The summed E-state index contributed by atoms with van der Waals surface area (Å²) >= 11 is 0. The van der Waals surface area contributed by atoms with Gasteiger partial charge in [-0.3, -0.25) is 10.1 Å². The summed E-state index contributed by atoms with van der Waals surface area (Å²) in [4.78, 5) is 23.4. The summed E-state index contributed by atoms with van der Waals surface area (Å²) in [7, 11) is 0. The van der Waals surface area contributed by atoms with Crippen molar-refractivity contribution >= 4 is 11.9 Å². The summed E-state index contributed by atoms with van der Waals surface area (Å²) in [5, 5.41) is 8.95. The van der Waals surface area contributed by atoms with E-state index in [-0.39, 0.29) is 11.9 Å². The van der Waals surface area contributed by atoms with Gasteiger partial charge in [-0.25, -0.2) is 4.79 Å². The molecule has 2 fully saturated rings. The second kappa shape index (κ2) is 6.93. The van der Waals surface area contributed by atoms with Crippen LogP contribution in [0.3, 0.4) is 0 Å². The van der Waals surface area contributed by atoms with E-state index in [4.69, 9.17) is 0 Å². The van der Waals surface area contributed by atoms with E-state index < -0.39 is 5.54 Å². The highest BCUT2D eigenvalue weighted by atomic mass is 16.2. The zero-order valence-corrected chi connectivity index (χ0v) is 14.5. The molecule has 24 heavy (non-hydrogen) atoms. The van der Waals surface area contributed by atoms with Crippen LogP contribution in [0.25, 0.3) is 0 Å². The number of hydrogen-bond donors (Lipinski definition) is 3. The number of urea groups is 1. The molecule has 3 rings (SSSR count). The van der Waals surface area contributed by atoms with Crippen molar-refractivity contribution in [2.45, 2.75) is 70.0 Å². The molecule has 1 saturated carbocycles. The van der Waals surface area contributed by atoms with Crippen molar-refractivity contribution in [2.24, 2.45) is 0 Å². The maximum Gasteiger partial charge on any atom is 0.322 e. The topological polar surface area (TPSA) is 70.2 Å². The summed E-state index contributed by atoms with van der Waals surface area (Å²) < 4.78 is 0. The predicted molar refractivity (Wildman–Crippen MR) is 93.8 cm³/mol. The molecule has 1 heterocycles. The van der Waals surface area contributed by atoms with Crippen molar-refractivity contribution in [1.82, 2.24) is 16.0 Å². The van der Waals surface area contributed by atoms with Gasteiger partial charge >= 0.3 is 6.03 Å². The summed E-state index contributed by atoms with van der Waals surface area (Å²) in [5.74, 6) is -0.155. The van der Waals surface area contributed by atoms with E-state index in [0.717, 1.165) is 25.7 Å². The monoisotopic (exact) mass is 329 g/mol. The fourth-order valence-electron chi connectivity index (χ4n) is 3.82. The first-order valence-electron chi connectivity index (χ1n) is 8.96. The lowest BCUT2D eigenvalue weighted by Gasteiger charge is -2.36. The number of nitrogens with one attached hydrogen (secondary N) is 3. The minimum Gasteiger partial charge on any atom is -0.323 e. The van der Waals surface area contributed by atoms with Crippen molar-refractivity contribution in [3.05, 3.63) is 35.4 Å². The minimum absolute atomic E-state index is 0.155. The van der Waals surface area contributed by atoms with E-state index >= 15 is 0 Å². The molecular formula is C19H27N3O2. The van der Waals surface area contributed by atoms with Gasteiger partial charge in [0.05, 0.1) is 0 Å². The molecule has 1 aliphatic heterocycles. The lowest BCUT2D eigenvalue weighted by molar-refractivity contribution is -0.125. The van der Waals surface area contributed by atoms with Crippen molar-refractivity contribution < 1.29 is 9.59 Å². The van der Waals surface area contributed by atoms with Gasteiger partial charge in [0.25, 0.3) is 5.91 Å². The van der Waals surface area contributed by atoms with E-state index in [0.29, 0.717) is 24.9 Å². The molecular weight excluding hydrogens is 302 g/mol. The molecule has 1 atom stereocenters. The molecule has 0 radical (unpaired) electrons. The SMILES string of the molecule is CC[C@@H](Cc1ccc(C)cc1)NC1CCC2(CC1)NC(=O)NC2=O. The van der Waals surface area contributed by atoms with E-state index in [9.17, 15) is 9.59 Å². The van der Waals surface area contributed by atoms with Gasteiger partial charge in [0.1, 0.15) is 5.54 Å². The number of amides is 3. The molecule has 1 saturated heterocycles. The van der Waals surface area contributed by atoms with Crippen LogP contribution in [0.4, 0.5) is 4.79 Å². The quantitative estimate of drug-likeness (QED) is 0.727. The van der Waals surface area contributed by atoms with E-state index in [1.165, 1.54) is 11.1 Å². The molecule has 3 N–H and O–H groups in total. The maximum atomic E-state index is 12.0. The van der Waals surface area contributed by atoms with E-state index in [1.54, 1.807) is 0 Å². The Balaban J connectivity index is 1.53. The number of benzene rings is 1. The molecule has 0 bridgehead atoms. The third-order valence-electron chi connectivity index (χ3n) is 5.42. The van der Waals surface area contributed by atoms with Crippen LogP contribution in [0.2, 0.25) is 0 Å². The molecule has 5 nitrogen and oxygen atoms in total. The van der Waals surface area contributed by atoms with Crippen LogP contribution in [-0.2, 0) is 11.2 Å². The van der Waals surface area contributed by atoms with Gasteiger partial charge in [-0.05, 0) is 51.0 Å². The Morgan fingerprint density at radius 2 is 1.88 bits per heavy atom. The van der Waals surface area contributed by atoms with Crippen LogP contribution in [0, 0.1) is 6.92 Å². The summed E-state index contributed by atoms with van der Waals surface area (Å²) in [6.07, 6.45) is 5.35. The van der Waals surface area contributed by atoms with E-state index in [2.05, 4.69) is 54.1 Å². The first-order valence-corrected chi connectivity index (χ1v) is 8.96. The van der Waals surface area contributed by atoms with Crippen LogP contribution in [0.5, 0.6) is 0 Å². The van der Waals surface area contributed by atoms with Crippen LogP contribution >= 0.6 is 0 Å². The Morgan fingerprint density at radius 1 is 1.21 bits per heavy atom. The molecule has 2 aliphatic rings. The fraction of sp³-hybridized carbons (Fsp3) is 0.579. The number of aryl methyl sites for hydroxylation is 1. The minimum atomic E-state index is -0.659. The standard InChI is InChI=1S/C19H27N3O2/c1-3-15(12-14-6-4-13(2)5-7-14)20-16-8-10-19(11-9-16)17(23)21-18(24)22-19/h4-7,15-16,20H,3,8-12H2,1-2H3,(H2,21,22,23,24)/t15-,16?,19?/m0/s1. The summed E-state index contributed by atoms with van der Waals surface area (Å²) in [6, 6.07) is 9.23. The number of carbonyl (C=O) groups is 2. The Bertz CT molecular complexity index is 604. The Morgan fingerprint density at radius 3 is 2.42 bits per heavy atom. The average Bonchev–Trinajstić information content (AvgIpc) is 2.84.